The quantitative estimate of drug-likeness (QED) is 0.198. The second-order valence-corrected chi connectivity index (χ2v) is 10.6. The standard InChI is InChI=1S/C20H17N7O2S4/c1-13-17(18(21)27(24-13)15-5-3-2-4-6-15)19(30)32-26-23-14-7-9-16(10-8-14)33(28,29)25-20-22-11-12-31-20/h2-12H,21H2,1H3,(H,22,25). The van der Waals surface area contributed by atoms with Gasteiger partial charge in [0.25, 0.3) is 10.0 Å². The monoisotopic (exact) mass is 515 g/mol. The number of para-hydroxylation sites is 1. The largest absolute Gasteiger partial charge is 0.383 e. The predicted octanol–water partition coefficient (Wildman–Crippen LogP) is 5.13. The van der Waals surface area contributed by atoms with Gasteiger partial charge in [-0.3, -0.25) is 4.72 Å². The van der Waals surface area contributed by atoms with Crippen molar-refractivity contribution in [3.8, 4) is 5.69 Å². The molecule has 168 valence electrons. The first-order valence-corrected chi connectivity index (χ1v) is 12.9. The number of rotatable bonds is 7. The molecular formula is C20H17N7O2S4. The normalized spacial score (nSPS) is 11.7. The lowest BCUT2D eigenvalue weighted by Crippen LogP contribution is -2.12. The number of nitrogens with one attached hydrogen (secondary N) is 1. The third kappa shape index (κ3) is 5.27. The number of benzene rings is 2. The number of hydrogen-bond acceptors (Lipinski definition) is 10. The average Bonchev–Trinajstić information content (AvgIpc) is 3.41. The lowest BCUT2D eigenvalue weighted by molar-refractivity contribution is 0.601. The lowest BCUT2D eigenvalue weighted by atomic mass is 10.2. The maximum absolute atomic E-state index is 12.4. The summed E-state index contributed by atoms with van der Waals surface area (Å²) in [6, 6.07) is 15.5. The summed E-state index contributed by atoms with van der Waals surface area (Å²) in [7, 11) is -3.72. The molecule has 2 aromatic carbocycles. The molecule has 0 fully saturated rings. The van der Waals surface area contributed by atoms with Crippen molar-refractivity contribution >= 4 is 66.4 Å². The molecule has 0 spiro atoms. The molecule has 9 nitrogen and oxygen atoms in total. The molecule has 0 radical (unpaired) electrons. The molecule has 0 aliphatic heterocycles. The summed E-state index contributed by atoms with van der Waals surface area (Å²) in [5.74, 6) is 0.425. The Morgan fingerprint density at radius 1 is 1.18 bits per heavy atom. The lowest BCUT2D eigenvalue weighted by Gasteiger charge is -2.05. The number of thiazole rings is 1. The third-order valence-electron chi connectivity index (χ3n) is 4.38. The highest BCUT2D eigenvalue weighted by Gasteiger charge is 2.18. The van der Waals surface area contributed by atoms with Gasteiger partial charge in [-0.2, -0.15) is 5.10 Å². The van der Waals surface area contributed by atoms with Crippen molar-refractivity contribution in [3.63, 3.8) is 0 Å². The maximum atomic E-state index is 12.4. The molecule has 4 rings (SSSR count). The summed E-state index contributed by atoms with van der Waals surface area (Å²) in [6.45, 7) is 1.83. The van der Waals surface area contributed by atoms with Crippen LogP contribution in [0.1, 0.15) is 11.3 Å². The van der Waals surface area contributed by atoms with Crippen LogP contribution in [0.15, 0.2) is 80.7 Å². The minimum absolute atomic E-state index is 0.0940. The number of nitrogens with zero attached hydrogens (tertiary/aromatic N) is 5. The van der Waals surface area contributed by atoms with Gasteiger partial charge in [0.15, 0.2) is 5.13 Å². The van der Waals surface area contributed by atoms with E-state index in [-0.39, 0.29) is 4.90 Å². The molecule has 0 aliphatic carbocycles. The summed E-state index contributed by atoms with van der Waals surface area (Å²) in [5.41, 5.74) is 8.91. The first kappa shape index (κ1) is 23.0. The van der Waals surface area contributed by atoms with Crippen LogP contribution < -0.4 is 10.5 Å². The number of anilines is 2. The smallest absolute Gasteiger partial charge is 0.263 e. The first-order chi connectivity index (χ1) is 15.8. The van der Waals surface area contributed by atoms with E-state index in [4.69, 9.17) is 18.0 Å². The first-order valence-electron chi connectivity index (χ1n) is 9.40. The van der Waals surface area contributed by atoms with Crippen LogP contribution >= 0.6 is 35.5 Å². The molecule has 0 bridgehead atoms. The highest BCUT2D eigenvalue weighted by molar-refractivity contribution is 8.22. The van der Waals surface area contributed by atoms with E-state index in [2.05, 4.69) is 24.4 Å². The van der Waals surface area contributed by atoms with Gasteiger partial charge in [-0.05, 0) is 43.3 Å². The Morgan fingerprint density at radius 2 is 1.91 bits per heavy atom. The number of hydrogen-bond donors (Lipinski definition) is 2. The van der Waals surface area contributed by atoms with Crippen LogP contribution in [0.2, 0.25) is 0 Å². The molecule has 0 aliphatic rings. The van der Waals surface area contributed by atoms with Crippen LogP contribution in [-0.4, -0.2) is 27.4 Å². The van der Waals surface area contributed by atoms with E-state index in [0.29, 0.717) is 32.1 Å². The number of thiocarbonyl (C=S) groups is 1. The van der Waals surface area contributed by atoms with Crippen molar-refractivity contribution in [1.29, 1.82) is 0 Å². The summed E-state index contributed by atoms with van der Waals surface area (Å²) >= 11 is 7.67. The minimum atomic E-state index is -3.72. The highest BCUT2D eigenvalue weighted by atomic mass is 32.2. The van der Waals surface area contributed by atoms with Gasteiger partial charge in [0.2, 0.25) is 0 Å². The number of nitrogen functional groups attached to an aromatic ring is 1. The van der Waals surface area contributed by atoms with Crippen LogP contribution in [0.5, 0.6) is 0 Å². The second kappa shape index (κ2) is 9.79. The molecule has 0 saturated carbocycles. The van der Waals surface area contributed by atoms with Gasteiger partial charge in [-0.25, -0.2) is 18.1 Å². The van der Waals surface area contributed by atoms with Gasteiger partial charge in [-0.15, -0.1) is 21.0 Å². The van der Waals surface area contributed by atoms with Crippen LogP contribution in [0.25, 0.3) is 5.69 Å². The minimum Gasteiger partial charge on any atom is -0.383 e. The Labute approximate surface area is 204 Å². The second-order valence-electron chi connectivity index (χ2n) is 6.59. The summed E-state index contributed by atoms with van der Waals surface area (Å²) in [5, 5.41) is 10.6. The Balaban J connectivity index is 1.43. The number of nitrogens with two attached hydrogens (primary N) is 1. The van der Waals surface area contributed by atoms with E-state index in [9.17, 15) is 8.42 Å². The van der Waals surface area contributed by atoms with Crippen molar-refractivity contribution in [3.05, 3.63) is 77.4 Å². The Hall–Kier alpha value is -3.13. The number of sulfonamides is 1. The molecule has 0 atom stereocenters. The van der Waals surface area contributed by atoms with Gasteiger partial charge in [0, 0.05) is 23.5 Å². The van der Waals surface area contributed by atoms with E-state index in [1.807, 2.05) is 37.3 Å². The van der Waals surface area contributed by atoms with Gasteiger partial charge in [0.1, 0.15) is 10.0 Å². The van der Waals surface area contributed by atoms with Crippen molar-refractivity contribution in [2.45, 2.75) is 11.8 Å². The SMILES string of the molecule is Cc1nn(-c2ccccc2)c(N)c1C(=S)SN=Nc1ccc(S(=O)(=O)Nc2nccs2)cc1. The molecule has 13 heteroatoms. The Morgan fingerprint density at radius 3 is 2.58 bits per heavy atom. The van der Waals surface area contributed by atoms with Crippen LogP contribution in [-0.2, 0) is 10.0 Å². The van der Waals surface area contributed by atoms with Crippen molar-refractivity contribution in [1.82, 2.24) is 14.8 Å². The third-order valence-corrected chi connectivity index (χ3v) is 7.52. The fourth-order valence-corrected chi connectivity index (χ4v) is 5.55. The maximum Gasteiger partial charge on any atom is 0.263 e. The van der Waals surface area contributed by atoms with Gasteiger partial charge in [-0.1, -0.05) is 30.4 Å². The highest BCUT2D eigenvalue weighted by Crippen LogP contribution is 2.28. The zero-order chi connectivity index (χ0) is 23.4. The fourth-order valence-electron chi connectivity index (χ4n) is 2.85. The average molecular weight is 516 g/mol. The molecule has 2 heterocycles. The molecule has 0 amide bonds. The fraction of sp³-hybridized carbons (Fsp3) is 0.0500. The molecule has 2 aromatic heterocycles. The van der Waals surface area contributed by atoms with Crippen molar-refractivity contribution in [2.75, 3.05) is 10.5 Å². The predicted molar refractivity (Wildman–Crippen MR) is 136 cm³/mol. The van der Waals surface area contributed by atoms with Crippen molar-refractivity contribution in [2.24, 2.45) is 9.63 Å². The van der Waals surface area contributed by atoms with Gasteiger partial charge in [0.05, 0.1) is 27.5 Å². The van der Waals surface area contributed by atoms with Crippen LogP contribution in [0, 0.1) is 6.92 Å². The summed E-state index contributed by atoms with van der Waals surface area (Å²) in [4.78, 5) is 4.02. The zero-order valence-corrected chi connectivity index (χ0v) is 20.4. The molecular weight excluding hydrogens is 499 g/mol. The topological polar surface area (TPSA) is 128 Å². The summed E-state index contributed by atoms with van der Waals surface area (Å²) < 4.78 is 33.4. The van der Waals surface area contributed by atoms with Gasteiger partial charge >= 0.3 is 0 Å². The number of aryl methyl sites for hydroxylation is 1. The van der Waals surface area contributed by atoms with Crippen LogP contribution in [0.4, 0.5) is 16.6 Å². The van der Waals surface area contributed by atoms with Crippen LogP contribution in [0.3, 0.4) is 0 Å². The van der Waals surface area contributed by atoms with Crippen molar-refractivity contribution < 1.29 is 8.42 Å². The molecule has 0 saturated heterocycles. The van der Waals surface area contributed by atoms with E-state index in [1.54, 1.807) is 22.2 Å². The molecule has 3 N–H and O–H groups in total. The molecule has 33 heavy (non-hydrogen) atoms. The molecule has 0 unspecified atom stereocenters. The Bertz CT molecular complexity index is 1400. The van der Waals surface area contributed by atoms with Gasteiger partial charge < -0.3 is 5.73 Å². The van der Waals surface area contributed by atoms with E-state index in [0.717, 1.165) is 17.6 Å². The summed E-state index contributed by atoms with van der Waals surface area (Å²) in [6.07, 6.45) is 1.52. The molecule has 4 aromatic rings. The van der Waals surface area contributed by atoms with E-state index < -0.39 is 10.0 Å². The Kier molecular flexibility index (Phi) is 6.83. The number of aromatic nitrogens is 3. The van der Waals surface area contributed by atoms with E-state index in [1.165, 1.54) is 29.7 Å². The van der Waals surface area contributed by atoms with E-state index >= 15 is 0 Å². The zero-order valence-electron chi connectivity index (χ0n) is 17.1.